The predicted octanol–water partition coefficient (Wildman–Crippen LogP) is 2.88. The second-order valence-corrected chi connectivity index (χ2v) is 4.80. The fraction of sp³-hybridized carbons (Fsp3) is 0.235. The van der Waals surface area contributed by atoms with Gasteiger partial charge in [0.1, 0.15) is 11.6 Å². The van der Waals surface area contributed by atoms with Gasteiger partial charge in [-0.2, -0.15) is 0 Å². The highest BCUT2D eigenvalue weighted by Crippen LogP contribution is 2.19. The van der Waals surface area contributed by atoms with Crippen LogP contribution in [0.3, 0.4) is 0 Å². The van der Waals surface area contributed by atoms with E-state index in [2.05, 4.69) is 10.6 Å². The van der Waals surface area contributed by atoms with Crippen LogP contribution in [-0.4, -0.2) is 19.7 Å². The molecule has 0 aliphatic carbocycles. The molecule has 0 aromatic heterocycles. The second-order valence-electron chi connectivity index (χ2n) is 4.80. The summed E-state index contributed by atoms with van der Waals surface area (Å²) in [5.74, 6) is 0.303. The number of hydrogen-bond acceptors (Lipinski definition) is 2. The highest BCUT2D eigenvalue weighted by molar-refractivity contribution is 5.73. The van der Waals surface area contributed by atoms with Crippen molar-refractivity contribution in [1.82, 2.24) is 10.6 Å². The normalized spacial score (nSPS) is 10.1. The highest BCUT2D eigenvalue weighted by atomic mass is 19.1. The summed E-state index contributed by atoms with van der Waals surface area (Å²) < 4.78 is 18.4. The van der Waals surface area contributed by atoms with Crippen LogP contribution in [0.15, 0.2) is 48.5 Å². The Bertz CT molecular complexity index is 617. The van der Waals surface area contributed by atoms with Gasteiger partial charge in [-0.25, -0.2) is 9.18 Å². The van der Waals surface area contributed by atoms with Crippen molar-refractivity contribution < 1.29 is 13.9 Å². The zero-order chi connectivity index (χ0) is 15.8. The smallest absolute Gasteiger partial charge is 0.315 e. The van der Waals surface area contributed by atoms with E-state index in [0.29, 0.717) is 25.3 Å². The van der Waals surface area contributed by atoms with Crippen LogP contribution in [0.4, 0.5) is 9.18 Å². The van der Waals surface area contributed by atoms with E-state index in [1.54, 1.807) is 6.07 Å². The molecule has 0 atom stereocenters. The summed E-state index contributed by atoms with van der Waals surface area (Å²) in [6.45, 7) is 0.871. The summed E-state index contributed by atoms with van der Waals surface area (Å²) in [7, 11) is 1.54. The molecule has 0 saturated carbocycles. The summed E-state index contributed by atoms with van der Waals surface area (Å²) >= 11 is 0. The molecule has 0 saturated heterocycles. The molecule has 2 aromatic rings. The number of carbonyl (C=O) groups is 1. The number of nitrogens with one attached hydrogen (secondary N) is 2. The summed E-state index contributed by atoms with van der Waals surface area (Å²) in [6, 6.07) is 13.8. The molecule has 22 heavy (non-hydrogen) atoms. The number of benzene rings is 2. The third kappa shape index (κ3) is 4.77. The first-order valence-electron chi connectivity index (χ1n) is 7.07. The Morgan fingerprint density at radius 1 is 1.14 bits per heavy atom. The van der Waals surface area contributed by atoms with Gasteiger partial charge >= 0.3 is 6.03 Å². The minimum absolute atomic E-state index is 0.251. The van der Waals surface area contributed by atoms with Gasteiger partial charge in [0.05, 0.1) is 7.11 Å². The molecule has 0 heterocycles. The van der Waals surface area contributed by atoms with Crippen molar-refractivity contribution in [3.63, 3.8) is 0 Å². The number of hydrogen-bond donors (Lipinski definition) is 2. The molecule has 0 radical (unpaired) electrons. The quantitative estimate of drug-likeness (QED) is 0.862. The number of halogens is 1. The maximum atomic E-state index is 13.2. The Balaban J connectivity index is 1.76. The van der Waals surface area contributed by atoms with Crippen LogP contribution in [0.1, 0.15) is 11.1 Å². The van der Waals surface area contributed by atoms with Crippen molar-refractivity contribution in [2.45, 2.75) is 13.0 Å². The molecule has 0 aliphatic rings. The average molecular weight is 302 g/mol. The number of amides is 2. The monoisotopic (exact) mass is 302 g/mol. The predicted molar refractivity (Wildman–Crippen MR) is 83.3 cm³/mol. The molecule has 0 unspecified atom stereocenters. The van der Waals surface area contributed by atoms with Gasteiger partial charge in [-0.3, -0.25) is 0 Å². The fourth-order valence-corrected chi connectivity index (χ4v) is 2.09. The Labute approximate surface area is 129 Å². The summed E-state index contributed by atoms with van der Waals surface area (Å²) in [5.41, 5.74) is 1.76. The Kier molecular flexibility index (Phi) is 5.77. The second kappa shape index (κ2) is 8.02. The molecule has 2 N–H and O–H groups in total. The highest BCUT2D eigenvalue weighted by Gasteiger charge is 2.06. The van der Waals surface area contributed by atoms with E-state index < -0.39 is 0 Å². The lowest BCUT2D eigenvalue weighted by Crippen LogP contribution is -2.36. The number of urea groups is 1. The summed E-state index contributed by atoms with van der Waals surface area (Å²) in [5, 5.41) is 5.51. The van der Waals surface area contributed by atoms with Crippen molar-refractivity contribution in [2.24, 2.45) is 0 Å². The third-order valence-corrected chi connectivity index (χ3v) is 3.22. The van der Waals surface area contributed by atoms with Gasteiger partial charge in [0.2, 0.25) is 0 Å². The molecule has 2 aromatic carbocycles. The van der Waals surface area contributed by atoms with Crippen molar-refractivity contribution in [1.29, 1.82) is 0 Å². The van der Waals surface area contributed by atoms with Crippen LogP contribution < -0.4 is 15.4 Å². The Morgan fingerprint density at radius 2 is 1.91 bits per heavy atom. The summed E-state index contributed by atoms with van der Waals surface area (Å²) in [4.78, 5) is 11.7. The fourth-order valence-electron chi connectivity index (χ4n) is 2.09. The summed E-state index contributed by atoms with van der Waals surface area (Å²) in [6.07, 6.45) is 0.500. The largest absolute Gasteiger partial charge is 0.496 e. The standard InChI is InChI=1S/C17H19FN2O2/c1-22-16-8-7-15(18)11-14(16)9-10-19-17(21)20-12-13-5-3-2-4-6-13/h2-8,11H,9-10,12H2,1H3,(H2,19,20,21). The van der Waals surface area contributed by atoms with Gasteiger partial charge in [-0.1, -0.05) is 30.3 Å². The number of carbonyl (C=O) groups excluding carboxylic acids is 1. The average Bonchev–Trinajstić information content (AvgIpc) is 2.54. The molecule has 0 spiro atoms. The van der Waals surface area contributed by atoms with Gasteiger partial charge in [-0.05, 0) is 35.7 Å². The number of rotatable bonds is 6. The first kappa shape index (κ1) is 15.8. The van der Waals surface area contributed by atoms with Gasteiger partial charge in [0, 0.05) is 13.1 Å². The topological polar surface area (TPSA) is 50.4 Å². The van der Waals surface area contributed by atoms with Crippen molar-refractivity contribution in [3.05, 3.63) is 65.5 Å². The first-order chi connectivity index (χ1) is 10.7. The minimum atomic E-state index is -0.315. The molecule has 0 bridgehead atoms. The molecule has 5 heteroatoms. The van der Waals surface area contributed by atoms with Crippen molar-refractivity contribution in [2.75, 3.05) is 13.7 Å². The van der Waals surface area contributed by atoms with E-state index in [0.717, 1.165) is 11.1 Å². The number of methoxy groups -OCH3 is 1. The molecular formula is C17H19FN2O2. The lowest BCUT2D eigenvalue weighted by molar-refractivity contribution is 0.240. The third-order valence-electron chi connectivity index (χ3n) is 3.22. The lowest BCUT2D eigenvalue weighted by Gasteiger charge is -2.10. The molecule has 116 valence electrons. The SMILES string of the molecule is COc1ccc(F)cc1CCNC(=O)NCc1ccccc1. The van der Waals surface area contributed by atoms with Gasteiger partial charge in [0.15, 0.2) is 0 Å². The van der Waals surface area contributed by atoms with Gasteiger partial charge in [0.25, 0.3) is 0 Å². The number of ether oxygens (including phenoxy) is 1. The van der Waals surface area contributed by atoms with Crippen LogP contribution in [-0.2, 0) is 13.0 Å². The van der Waals surface area contributed by atoms with E-state index in [1.165, 1.54) is 19.2 Å². The maximum absolute atomic E-state index is 13.2. The zero-order valence-electron chi connectivity index (χ0n) is 12.4. The maximum Gasteiger partial charge on any atom is 0.315 e. The van der Waals surface area contributed by atoms with Crippen LogP contribution in [0, 0.1) is 5.82 Å². The zero-order valence-corrected chi connectivity index (χ0v) is 12.4. The van der Waals surface area contributed by atoms with E-state index in [9.17, 15) is 9.18 Å². The first-order valence-corrected chi connectivity index (χ1v) is 7.07. The van der Waals surface area contributed by atoms with E-state index in [1.807, 2.05) is 30.3 Å². The molecule has 2 amide bonds. The Hall–Kier alpha value is -2.56. The molecule has 0 fully saturated rings. The van der Waals surface area contributed by atoms with Gasteiger partial charge in [-0.15, -0.1) is 0 Å². The van der Waals surface area contributed by atoms with E-state index in [4.69, 9.17) is 4.74 Å². The molecule has 2 rings (SSSR count). The molecule has 0 aliphatic heterocycles. The van der Waals surface area contributed by atoms with Crippen LogP contribution in [0.2, 0.25) is 0 Å². The van der Waals surface area contributed by atoms with Crippen molar-refractivity contribution >= 4 is 6.03 Å². The van der Waals surface area contributed by atoms with Crippen LogP contribution in [0.25, 0.3) is 0 Å². The Morgan fingerprint density at radius 3 is 2.64 bits per heavy atom. The van der Waals surface area contributed by atoms with Crippen molar-refractivity contribution in [3.8, 4) is 5.75 Å². The molecular weight excluding hydrogens is 283 g/mol. The van der Waals surface area contributed by atoms with Gasteiger partial charge < -0.3 is 15.4 Å². The van der Waals surface area contributed by atoms with Crippen LogP contribution >= 0.6 is 0 Å². The van der Waals surface area contributed by atoms with Crippen LogP contribution in [0.5, 0.6) is 5.75 Å². The minimum Gasteiger partial charge on any atom is -0.496 e. The van der Waals surface area contributed by atoms with E-state index in [-0.39, 0.29) is 11.8 Å². The molecule has 4 nitrogen and oxygen atoms in total. The lowest BCUT2D eigenvalue weighted by atomic mass is 10.1. The van der Waals surface area contributed by atoms with E-state index >= 15 is 0 Å².